The number of nitrogens with zero attached hydrogens (tertiary/aromatic N) is 1. The Bertz CT molecular complexity index is 1280. The maximum Gasteiger partial charge on any atom is 0.340 e. The van der Waals surface area contributed by atoms with E-state index in [-0.39, 0.29) is 15.5 Å². The molecule has 0 aliphatic heterocycles. The van der Waals surface area contributed by atoms with Crippen molar-refractivity contribution >= 4 is 39.2 Å². The van der Waals surface area contributed by atoms with E-state index in [4.69, 9.17) is 16.3 Å². The number of ether oxygens (including phenoxy) is 1. The van der Waals surface area contributed by atoms with Crippen LogP contribution in [-0.2, 0) is 19.6 Å². The summed E-state index contributed by atoms with van der Waals surface area (Å²) in [5.41, 5.74) is 1.57. The van der Waals surface area contributed by atoms with Crippen molar-refractivity contribution in [1.82, 2.24) is 4.90 Å². The van der Waals surface area contributed by atoms with Crippen LogP contribution in [0.25, 0.3) is 0 Å². The van der Waals surface area contributed by atoms with E-state index < -0.39 is 28.0 Å². The van der Waals surface area contributed by atoms with Crippen molar-refractivity contribution in [3.63, 3.8) is 0 Å². The first-order valence-corrected chi connectivity index (χ1v) is 11.8. The predicted molar refractivity (Wildman–Crippen MR) is 127 cm³/mol. The maximum atomic E-state index is 13.0. The molecule has 0 fully saturated rings. The number of aryl methyl sites for hydroxylation is 1. The van der Waals surface area contributed by atoms with E-state index in [2.05, 4.69) is 4.72 Å². The van der Waals surface area contributed by atoms with Crippen molar-refractivity contribution in [2.75, 3.05) is 18.8 Å². The number of anilines is 1. The summed E-state index contributed by atoms with van der Waals surface area (Å²) in [7, 11) is -0.915. The second kappa shape index (κ2) is 10.1. The highest BCUT2D eigenvalue weighted by molar-refractivity contribution is 7.92. The van der Waals surface area contributed by atoms with Crippen LogP contribution in [0, 0.1) is 6.92 Å². The van der Waals surface area contributed by atoms with Crippen molar-refractivity contribution < 1.29 is 22.7 Å². The molecule has 1 atom stereocenters. The Labute approximate surface area is 198 Å². The molecule has 33 heavy (non-hydrogen) atoms. The van der Waals surface area contributed by atoms with Gasteiger partial charge in [-0.15, -0.1) is 0 Å². The fraction of sp³-hybridized carbons (Fsp3) is 0.167. The Balaban J connectivity index is 1.91. The van der Waals surface area contributed by atoms with Crippen molar-refractivity contribution in [1.29, 1.82) is 0 Å². The summed E-state index contributed by atoms with van der Waals surface area (Å²) in [6.07, 6.45) is -1.21. The minimum Gasteiger partial charge on any atom is -0.444 e. The number of benzene rings is 3. The van der Waals surface area contributed by atoms with E-state index in [1.54, 1.807) is 62.6 Å². The zero-order chi connectivity index (χ0) is 24.2. The minimum absolute atomic E-state index is 0.00128. The van der Waals surface area contributed by atoms with Gasteiger partial charge >= 0.3 is 5.97 Å². The number of rotatable bonds is 7. The van der Waals surface area contributed by atoms with Crippen LogP contribution in [0.5, 0.6) is 0 Å². The van der Waals surface area contributed by atoms with Gasteiger partial charge in [0.25, 0.3) is 15.9 Å². The molecule has 3 aromatic rings. The Kier molecular flexibility index (Phi) is 7.40. The number of nitrogens with one attached hydrogen (secondary N) is 1. The number of carbonyl (C=O) groups is 2. The number of amides is 1. The quantitative estimate of drug-likeness (QED) is 0.498. The molecule has 0 aromatic heterocycles. The summed E-state index contributed by atoms with van der Waals surface area (Å²) in [5, 5.41) is -0.00128. The Morgan fingerprint density at radius 1 is 0.970 bits per heavy atom. The predicted octanol–water partition coefficient (Wildman–Crippen LogP) is 4.44. The summed E-state index contributed by atoms with van der Waals surface area (Å²) in [6.45, 7) is 1.84. The minimum atomic E-state index is -4.00. The molecule has 0 heterocycles. The molecule has 0 aliphatic rings. The number of likely N-dealkylation sites (N-methyl/N-ethyl adjacent to an activating group) is 1. The highest BCUT2D eigenvalue weighted by atomic mass is 35.5. The van der Waals surface area contributed by atoms with Crippen molar-refractivity contribution in [3.8, 4) is 0 Å². The third kappa shape index (κ3) is 5.91. The molecule has 0 saturated heterocycles. The molecular formula is C24H23ClN2O5S. The Morgan fingerprint density at radius 3 is 2.30 bits per heavy atom. The van der Waals surface area contributed by atoms with E-state index in [0.29, 0.717) is 11.3 Å². The van der Waals surface area contributed by atoms with Gasteiger partial charge in [-0.1, -0.05) is 54.1 Å². The standard InChI is InChI=1S/C24H23ClN2O5S/c1-16-8-7-11-18(14-16)26-33(30,31)19-12-13-21(25)20(15-19)24(29)32-22(23(28)27(2)3)17-9-5-4-6-10-17/h4-15,22,26H,1-3H3. The number of esters is 1. The van der Waals surface area contributed by atoms with E-state index in [0.717, 1.165) is 11.6 Å². The number of hydrogen-bond acceptors (Lipinski definition) is 5. The molecule has 1 unspecified atom stereocenters. The highest BCUT2D eigenvalue weighted by Crippen LogP contribution is 2.27. The molecule has 9 heteroatoms. The van der Waals surface area contributed by atoms with E-state index in [1.807, 2.05) is 13.0 Å². The first-order valence-electron chi connectivity index (χ1n) is 9.94. The molecule has 3 aromatic carbocycles. The fourth-order valence-electron chi connectivity index (χ4n) is 3.04. The van der Waals surface area contributed by atoms with Crippen LogP contribution in [0.1, 0.15) is 27.6 Å². The van der Waals surface area contributed by atoms with Gasteiger partial charge in [-0.25, -0.2) is 13.2 Å². The van der Waals surface area contributed by atoms with Gasteiger partial charge < -0.3 is 9.64 Å². The molecule has 0 saturated carbocycles. The first-order chi connectivity index (χ1) is 15.6. The van der Waals surface area contributed by atoms with Crippen LogP contribution in [0.15, 0.2) is 77.7 Å². The van der Waals surface area contributed by atoms with Gasteiger partial charge in [0.1, 0.15) is 0 Å². The largest absolute Gasteiger partial charge is 0.444 e. The van der Waals surface area contributed by atoms with Gasteiger partial charge in [0, 0.05) is 25.3 Å². The van der Waals surface area contributed by atoms with Gasteiger partial charge in [-0.05, 0) is 42.8 Å². The number of carbonyl (C=O) groups excluding carboxylic acids is 2. The van der Waals surface area contributed by atoms with E-state index in [9.17, 15) is 18.0 Å². The molecule has 0 aliphatic carbocycles. The zero-order valence-electron chi connectivity index (χ0n) is 18.3. The second-order valence-corrected chi connectivity index (χ2v) is 9.63. The zero-order valence-corrected chi connectivity index (χ0v) is 19.9. The maximum absolute atomic E-state index is 13.0. The normalized spacial score (nSPS) is 12.0. The van der Waals surface area contributed by atoms with Gasteiger partial charge in [-0.2, -0.15) is 0 Å². The lowest BCUT2D eigenvalue weighted by Crippen LogP contribution is -2.31. The van der Waals surface area contributed by atoms with Crippen LogP contribution in [-0.4, -0.2) is 39.3 Å². The van der Waals surface area contributed by atoms with Crippen LogP contribution in [0.3, 0.4) is 0 Å². The van der Waals surface area contributed by atoms with E-state index >= 15 is 0 Å². The molecule has 0 spiro atoms. The molecule has 3 rings (SSSR count). The van der Waals surface area contributed by atoms with Crippen molar-refractivity contribution in [2.24, 2.45) is 0 Å². The average molecular weight is 487 g/mol. The van der Waals surface area contributed by atoms with Gasteiger partial charge in [0.2, 0.25) is 6.10 Å². The molecular weight excluding hydrogens is 464 g/mol. The fourth-order valence-corrected chi connectivity index (χ4v) is 4.31. The van der Waals surface area contributed by atoms with Gasteiger partial charge in [0.15, 0.2) is 0 Å². The van der Waals surface area contributed by atoms with Crippen LogP contribution < -0.4 is 4.72 Å². The highest BCUT2D eigenvalue weighted by Gasteiger charge is 2.28. The topological polar surface area (TPSA) is 92.8 Å². The van der Waals surface area contributed by atoms with Crippen LogP contribution >= 0.6 is 11.6 Å². The van der Waals surface area contributed by atoms with Crippen molar-refractivity contribution in [3.05, 3.63) is 94.5 Å². The number of hydrogen-bond donors (Lipinski definition) is 1. The summed E-state index contributed by atoms with van der Waals surface area (Å²) >= 11 is 6.18. The number of sulfonamides is 1. The average Bonchev–Trinajstić information content (AvgIpc) is 2.77. The second-order valence-electron chi connectivity index (χ2n) is 7.55. The summed E-state index contributed by atoms with van der Waals surface area (Å²) in [5.74, 6) is -1.37. The van der Waals surface area contributed by atoms with Gasteiger partial charge in [0.05, 0.1) is 15.5 Å². The van der Waals surface area contributed by atoms with E-state index in [1.165, 1.54) is 17.0 Å². The van der Waals surface area contributed by atoms with Crippen molar-refractivity contribution in [2.45, 2.75) is 17.9 Å². The lowest BCUT2D eigenvalue weighted by molar-refractivity contribution is -0.138. The summed E-state index contributed by atoms with van der Waals surface area (Å²) in [6, 6.07) is 19.1. The Hall–Kier alpha value is -3.36. The lowest BCUT2D eigenvalue weighted by atomic mass is 10.1. The monoisotopic (exact) mass is 486 g/mol. The summed E-state index contributed by atoms with van der Waals surface area (Å²) < 4.78 is 33.7. The molecule has 7 nitrogen and oxygen atoms in total. The molecule has 1 N–H and O–H groups in total. The Morgan fingerprint density at radius 2 is 1.67 bits per heavy atom. The first kappa shape index (κ1) is 24.3. The molecule has 172 valence electrons. The van der Waals surface area contributed by atoms with Crippen LogP contribution in [0.4, 0.5) is 5.69 Å². The number of halogens is 1. The third-order valence-electron chi connectivity index (χ3n) is 4.73. The third-order valence-corrected chi connectivity index (χ3v) is 6.44. The SMILES string of the molecule is Cc1cccc(NS(=O)(=O)c2ccc(Cl)c(C(=O)OC(C(=O)N(C)C)c3ccccc3)c2)c1. The van der Waals surface area contributed by atoms with Crippen LogP contribution in [0.2, 0.25) is 5.02 Å². The molecule has 1 amide bonds. The molecule has 0 radical (unpaired) electrons. The lowest BCUT2D eigenvalue weighted by Gasteiger charge is -2.21. The summed E-state index contributed by atoms with van der Waals surface area (Å²) in [4.78, 5) is 26.8. The van der Waals surface area contributed by atoms with Gasteiger partial charge in [-0.3, -0.25) is 9.52 Å². The molecule has 0 bridgehead atoms. The smallest absolute Gasteiger partial charge is 0.340 e.